The van der Waals surface area contributed by atoms with Gasteiger partial charge in [0.25, 0.3) is 0 Å². The molecule has 2 aromatic carbocycles. The Balaban J connectivity index is 2.06. The van der Waals surface area contributed by atoms with Gasteiger partial charge in [-0.05, 0) is 34.1 Å². The molecule has 0 spiro atoms. The van der Waals surface area contributed by atoms with Gasteiger partial charge in [-0.25, -0.2) is 0 Å². The van der Waals surface area contributed by atoms with Crippen molar-refractivity contribution < 1.29 is 0 Å². The van der Waals surface area contributed by atoms with Crippen molar-refractivity contribution in [3.05, 3.63) is 48.0 Å². The summed E-state index contributed by atoms with van der Waals surface area (Å²) in [4.78, 5) is 0. The molecule has 3 rings (SSSR count). The number of fused-ring (bicyclic) bond motifs is 1. The molecule has 2 unspecified atom stereocenters. The van der Waals surface area contributed by atoms with Crippen LogP contribution in [-0.4, -0.2) is 5.88 Å². The lowest BCUT2D eigenvalue weighted by atomic mass is 9.93. The summed E-state index contributed by atoms with van der Waals surface area (Å²) in [5.41, 5.74) is 1.77. The maximum absolute atomic E-state index is 5.95. The lowest BCUT2D eigenvalue weighted by Gasteiger charge is -2.12. The molecule has 0 aliphatic heterocycles. The summed E-state index contributed by atoms with van der Waals surface area (Å²) < 4.78 is 0. The van der Waals surface area contributed by atoms with Gasteiger partial charge >= 0.3 is 0 Å². The molecule has 82 valence electrons. The lowest BCUT2D eigenvalue weighted by molar-refractivity contribution is 0.707. The van der Waals surface area contributed by atoms with Gasteiger partial charge in [-0.2, -0.15) is 0 Å². The van der Waals surface area contributed by atoms with Gasteiger partial charge < -0.3 is 0 Å². The Morgan fingerprint density at radius 1 is 1.19 bits per heavy atom. The Kier molecular flexibility index (Phi) is 2.22. The fourth-order valence-corrected chi connectivity index (χ4v) is 3.03. The topological polar surface area (TPSA) is 0 Å². The summed E-state index contributed by atoms with van der Waals surface area (Å²) in [6.45, 7) is 2.32. The van der Waals surface area contributed by atoms with Gasteiger partial charge in [-0.15, -0.1) is 11.6 Å². The van der Waals surface area contributed by atoms with E-state index in [-0.39, 0.29) is 0 Å². The van der Waals surface area contributed by atoms with Crippen molar-refractivity contribution in [1.29, 1.82) is 0 Å². The lowest BCUT2D eigenvalue weighted by Crippen LogP contribution is -2.04. The summed E-state index contributed by atoms with van der Waals surface area (Å²) in [5, 5.41) is 2.65. The van der Waals surface area contributed by atoms with Crippen molar-refractivity contribution in [2.24, 2.45) is 5.92 Å². The number of hydrogen-bond acceptors (Lipinski definition) is 0. The maximum Gasteiger partial charge on any atom is 0.0260 e. The van der Waals surface area contributed by atoms with Crippen LogP contribution in [0.3, 0.4) is 0 Å². The second-order valence-electron chi connectivity index (χ2n) is 5.03. The zero-order valence-corrected chi connectivity index (χ0v) is 10.2. The van der Waals surface area contributed by atoms with Crippen LogP contribution in [0.15, 0.2) is 42.5 Å². The highest BCUT2D eigenvalue weighted by Gasteiger charge is 2.50. The first-order valence-electron chi connectivity index (χ1n) is 5.79. The van der Waals surface area contributed by atoms with Crippen LogP contribution in [0.2, 0.25) is 0 Å². The molecule has 0 bridgehead atoms. The van der Waals surface area contributed by atoms with Crippen LogP contribution in [0.5, 0.6) is 0 Å². The first-order chi connectivity index (χ1) is 7.74. The molecule has 1 saturated carbocycles. The van der Waals surface area contributed by atoms with Crippen molar-refractivity contribution in [2.45, 2.75) is 18.8 Å². The van der Waals surface area contributed by atoms with Crippen molar-refractivity contribution in [1.82, 2.24) is 0 Å². The fourth-order valence-electron chi connectivity index (χ4n) is 2.58. The van der Waals surface area contributed by atoms with Crippen LogP contribution in [0.4, 0.5) is 0 Å². The van der Waals surface area contributed by atoms with Crippen molar-refractivity contribution in [3.8, 4) is 0 Å². The predicted octanol–water partition coefficient (Wildman–Crippen LogP) is 4.36. The van der Waals surface area contributed by atoms with E-state index in [1.54, 1.807) is 0 Å². The van der Waals surface area contributed by atoms with E-state index in [1.165, 1.54) is 22.8 Å². The highest BCUT2D eigenvalue weighted by Crippen LogP contribution is 2.54. The fraction of sp³-hybridized carbons (Fsp3) is 0.333. The summed E-state index contributed by atoms with van der Waals surface area (Å²) >= 11 is 5.95. The molecule has 0 aromatic heterocycles. The monoisotopic (exact) mass is 230 g/mol. The van der Waals surface area contributed by atoms with Gasteiger partial charge in [-0.3, -0.25) is 0 Å². The molecule has 2 atom stereocenters. The molecule has 0 N–H and O–H groups in total. The van der Waals surface area contributed by atoms with E-state index in [2.05, 4.69) is 49.4 Å². The van der Waals surface area contributed by atoms with Crippen molar-refractivity contribution >= 4 is 22.4 Å². The van der Waals surface area contributed by atoms with E-state index < -0.39 is 0 Å². The van der Waals surface area contributed by atoms with E-state index in [4.69, 9.17) is 11.6 Å². The van der Waals surface area contributed by atoms with Crippen LogP contribution in [0, 0.1) is 5.92 Å². The molecule has 0 heterocycles. The second-order valence-corrected chi connectivity index (χ2v) is 5.34. The molecule has 1 aliphatic rings. The molecule has 1 heteroatoms. The Labute approximate surface area is 101 Å². The number of alkyl halides is 1. The van der Waals surface area contributed by atoms with Crippen molar-refractivity contribution in [2.75, 3.05) is 5.88 Å². The summed E-state index contributed by atoms with van der Waals surface area (Å²) in [6, 6.07) is 15.3. The number of benzene rings is 2. The zero-order chi connectivity index (χ0) is 11.2. The third-order valence-electron chi connectivity index (χ3n) is 4.01. The van der Waals surface area contributed by atoms with Crippen LogP contribution >= 0.6 is 11.6 Å². The zero-order valence-electron chi connectivity index (χ0n) is 9.41. The highest BCUT2D eigenvalue weighted by molar-refractivity contribution is 6.18. The minimum Gasteiger partial charge on any atom is -0.126 e. The van der Waals surface area contributed by atoms with E-state index in [1.807, 2.05) is 0 Å². The quantitative estimate of drug-likeness (QED) is 0.673. The summed E-state index contributed by atoms with van der Waals surface area (Å²) in [7, 11) is 0. The molecular formula is C15H15Cl. The maximum atomic E-state index is 5.95. The minimum absolute atomic E-state index is 0.325. The predicted molar refractivity (Wildman–Crippen MR) is 70.1 cm³/mol. The Hall–Kier alpha value is -1.01. The third kappa shape index (κ3) is 1.44. The first kappa shape index (κ1) is 10.2. The Morgan fingerprint density at radius 3 is 2.62 bits per heavy atom. The molecule has 16 heavy (non-hydrogen) atoms. The molecule has 0 radical (unpaired) electrons. The van der Waals surface area contributed by atoms with Crippen LogP contribution in [0.1, 0.15) is 18.9 Å². The van der Waals surface area contributed by atoms with Gasteiger partial charge in [0.05, 0.1) is 0 Å². The van der Waals surface area contributed by atoms with E-state index in [9.17, 15) is 0 Å². The van der Waals surface area contributed by atoms with E-state index in [0.29, 0.717) is 11.3 Å². The van der Waals surface area contributed by atoms with E-state index in [0.717, 1.165) is 5.88 Å². The molecule has 1 aliphatic carbocycles. The smallest absolute Gasteiger partial charge is 0.0260 e. The molecule has 0 saturated heterocycles. The molecule has 2 aromatic rings. The summed E-state index contributed by atoms with van der Waals surface area (Å²) in [5.74, 6) is 1.44. The van der Waals surface area contributed by atoms with Crippen LogP contribution in [-0.2, 0) is 5.41 Å². The molecule has 1 fully saturated rings. The normalized spacial score (nSPS) is 28.2. The third-order valence-corrected chi connectivity index (χ3v) is 4.38. The van der Waals surface area contributed by atoms with Gasteiger partial charge in [0.2, 0.25) is 0 Å². The average molecular weight is 231 g/mol. The Bertz CT molecular complexity index is 532. The standard InChI is InChI=1S/C15H15Cl/c1-15(9-14(15)10-16)13-7-6-11-4-2-3-5-12(11)8-13/h2-8,14H,9-10H2,1H3. The van der Waals surface area contributed by atoms with Crippen LogP contribution in [0.25, 0.3) is 10.8 Å². The molecule has 0 nitrogen and oxygen atoms in total. The minimum atomic E-state index is 0.325. The van der Waals surface area contributed by atoms with Gasteiger partial charge in [0.1, 0.15) is 0 Å². The average Bonchev–Trinajstić information content (AvgIpc) is 3.01. The molecular weight excluding hydrogens is 216 g/mol. The number of hydrogen-bond donors (Lipinski definition) is 0. The molecule has 0 amide bonds. The van der Waals surface area contributed by atoms with Crippen LogP contribution < -0.4 is 0 Å². The summed E-state index contributed by atoms with van der Waals surface area (Å²) in [6.07, 6.45) is 1.23. The van der Waals surface area contributed by atoms with Gasteiger partial charge in [0.15, 0.2) is 0 Å². The van der Waals surface area contributed by atoms with Gasteiger partial charge in [0, 0.05) is 5.88 Å². The SMILES string of the molecule is CC1(c2ccc3ccccc3c2)CC1CCl. The van der Waals surface area contributed by atoms with E-state index >= 15 is 0 Å². The van der Waals surface area contributed by atoms with Crippen molar-refractivity contribution in [3.63, 3.8) is 0 Å². The highest BCUT2D eigenvalue weighted by atomic mass is 35.5. The first-order valence-corrected chi connectivity index (χ1v) is 6.33. The number of halogens is 1. The largest absolute Gasteiger partial charge is 0.126 e. The number of rotatable bonds is 2. The van der Waals surface area contributed by atoms with Gasteiger partial charge in [-0.1, -0.05) is 49.4 Å². The second kappa shape index (κ2) is 3.49. The Morgan fingerprint density at radius 2 is 1.94 bits per heavy atom.